The Morgan fingerprint density at radius 2 is 1.96 bits per heavy atom. The summed E-state index contributed by atoms with van der Waals surface area (Å²) in [7, 11) is 0. The van der Waals surface area contributed by atoms with E-state index in [1.54, 1.807) is 0 Å². The lowest BCUT2D eigenvalue weighted by Gasteiger charge is -2.41. The van der Waals surface area contributed by atoms with Crippen molar-refractivity contribution in [1.82, 2.24) is 9.88 Å². The Hall–Kier alpha value is -2.40. The predicted octanol–water partition coefficient (Wildman–Crippen LogP) is 2.87. The second-order valence-electron chi connectivity index (χ2n) is 6.73. The zero-order chi connectivity index (χ0) is 17.6. The van der Waals surface area contributed by atoms with Gasteiger partial charge in [0.2, 0.25) is 5.91 Å². The zero-order valence-electron chi connectivity index (χ0n) is 14.9. The van der Waals surface area contributed by atoms with E-state index in [4.69, 9.17) is 0 Å². The molecule has 1 fully saturated rings. The van der Waals surface area contributed by atoms with E-state index in [1.807, 2.05) is 55.6 Å². The number of rotatable bonds is 5. The highest BCUT2D eigenvalue weighted by Gasteiger charge is 2.27. The normalized spacial score (nSPS) is 19.4. The number of para-hydroxylation sites is 1. The molecule has 1 aliphatic heterocycles. The third kappa shape index (κ3) is 4.57. The van der Waals surface area contributed by atoms with E-state index in [9.17, 15) is 4.79 Å². The summed E-state index contributed by atoms with van der Waals surface area (Å²) >= 11 is 0. The van der Waals surface area contributed by atoms with Gasteiger partial charge in [-0.2, -0.15) is 0 Å². The van der Waals surface area contributed by atoms with Crippen molar-refractivity contribution in [1.29, 1.82) is 0 Å². The number of nitrogens with zero attached hydrogens (tertiary/aromatic N) is 3. The van der Waals surface area contributed by atoms with E-state index in [1.165, 1.54) is 0 Å². The number of hydrogen-bond acceptors (Lipinski definition) is 4. The topological polar surface area (TPSA) is 48.5 Å². The van der Waals surface area contributed by atoms with E-state index in [-0.39, 0.29) is 11.8 Å². The van der Waals surface area contributed by atoms with Crippen LogP contribution in [0, 0.1) is 5.92 Å². The van der Waals surface area contributed by atoms with Gasteiger partial charge >= 0.3 is 0 Å². The fourth-order valence-corrected chi connectivity index (χ4v) is 3.24. The Morgan fingerprint density at radius 3 is 2.64 bits per heavy atom. The Morgan fingerprint density at radius 1 is 1.20 bits per heavy atom. The third-order valence-corrected chi connectivity index (χ3v) is 4.74. The molecule has 0 bridgehead atoms. The minimum Gasteiger partial charge on any atom is -0.354 e. The number of nitrogens with one attached hydrogen (secondary N) is 1. The van der Waals surface area contributed by atoms with Crippen LogP contribution in [0.3, 0.4) is 0 Å². The molecule has 1 saturated heterocycles. The van der Waals surface area contributed by atoms with E-state index in [2.05, 4.69) is 33.1 Å². The van der Waals surface area contributed by atoms with Crippen LogP contribution in [-0.2, 0) is 4.79 Å². The predicted molar refractivity (Wildman–Crippen MR) is 102 cm³/mol. The van der Waals surface area contributed by atoms with E-state index in [0.717, 1.165) is 37.7 Å². The molecule has 2 atom stereocenters. The Kier molecular flexibility index (Phi) is 5.66. The number of carbonyl (C=O) groups is 1. The standard InChI is InChI=1S/C20H26N4O/c1-16(20(25)22-18-8-4-3-5-9-18)14-23-12-13-24(15-17(23)2)19-10-6-7-11-21-19/h3-11,16-17H,12-15H2,1-2H3,(H,22,25). The van der Waals surface area contributed by atoms with Gasteiger partial charge in [-0.15, -0.1) is 0 Å². The number of benzene rings is 1. The van der Waals surface area contributed by atoms with Crippen LogP contribution in [0.2, 0.25) is 0 Å². The maximum absolute atomic E-state index is 12.4. The van der Waals surface area contributed by atoms with Crippen LogP contribution in [0.4, 0.5) is 11.5 Å². The molecular weight excluding hydrogens is 312 g/mol. The lowest BCUT2D eigenvalue weighted by Crippen LogP contribution is -2.53. The van der Waals surface area contributed by atoms with E-state index >= 15 is 0 Å². The van der Waals surface area contributed by atoms with E-state index in [0.29, 0.717) is 6.04 Å². The molecule has 0 aliphatic carbocycles. The fourth-order valence-electron chi connectivity index (χ4n) is 3.24. The first-order valence-electron chi connectivity index (χ1n) is 8.89. The van der Waals surface area contributed by atoms with Crippen molar-refractivity contribution >= 4 is 17.4 Å². The highest BCUT2D eigenvalue weighted by Crippen LogP contribution is 2.18. The third-order valence-electron chi connectivity index (χ3n) is 4.74. The number of amides is 1. The summed E-state index contributed by atoms with van der Waals surface area (Å²) in [6, 6.07) is 16.0. The van der Waals surface area contributed by atoms with Crippen LogP contribution in [0.1, 0.15) is 13.8 Å². The lowest BCUT2D eigenvalue weighted by atomic mass is 10.1. The van der Waals surface area contributed by atoms with Crippen LogP contribution in [0.15, 0.2) is 54.7 Å². The zero-order valence-corrected chi connectivity index (χ0v) is 14.9. The highest BCUT2D eigenvalue weighted by molar-refractivity contribution is 5.92. The van der Waals surface area contributed by atoms with Gasteiger partial charge in [0.15, 0.2) is 0 Å². The summed E-state index contributed by atoms with van der Waals surface area (Å²) in [6.07, 6.45) is 1.84. The molecule has 2 aromatic rings. The maximum atomic E-state index is 12.4. The average molecular weight is 338 g/mol. The molecule has 25 heavy (non-hydrogen) atoms. The van der Waals surface area contributed by atoms with Crippen LogP contribution in [-0.4, -0.2) is 48.0 Å². The molecule has 3 rings (SSSR count). The van der Waals surface area contributed by atoms with Gasteiger partial charge in [-0.1, -0.05) is 31.2 Å². The average Bonchev–Trinajstić information content (AvgIpc) is 2.65. The summed E-state index contributed by atoms with van der Waals surface area (Å²) < 4.78 is 0. The molecule has 1 aromatic heterocycles. The number of anilines is 2. The molecule has 2 unspecified atom stereocenters. The Balaban J connectivity index is 1.52. The minimum absolute atomic E-state index is 0.0518. The van der Waals surface area contributed by atoms with Crippen molar-refractivity contribution in [3.63, 3.8) is 0 Å². The summed E-state index contributed by atoms with van der Waals surface area (Å²) in [5, 5.41) is 2.99. The molecule has 1 N–H and O–H groups in total. The summed E-state index contributed by atoms with van der Waals surface area (Å²) in [4.78, 5) is 21.6. The molecular formula is C20H26N4O. The van der Waals surface area contributed by atoms with Crippen LogP contribution in [0.5, 0.6) is 0 Å². The number of hydrogen-bond donors (Lipinski definition) is 1. The van der Waals surface area contributed by atoms with Crippen molar-refractivity contribution in [2.75, 3.05) is 36.4 Å². The lowest BCUT2D eigenvalue weighted by molar-refractivity contribution is -0.120. The molecule has 0 radical (unpaired) electrons. The second-order valence-corrected chi connectivity index (χ2v) is 6.73. The minimum atomic E-state index is -0.0518. The van der Waals surface area contributed by atoms with Gasteiger partial charge in [0.05, 0.1) is 0 Å². The summed E-state index contributed by atoms with van der Waals surface area (Å²) in [5.74, 6) is 1.05. The largest absolute Gasteiger partial charge is 0.354 e. The molecule has 132 valence electrons. The molecule has 1 aromatic carbocycles. The van der Waals surface area contributed by atoms with E-state index < -0.39 is 0 Å². The Bertz CT molecular complexity index is 677. The van der Waals surface area contributed by atoms with Gasteiger partial charge < -0.3 is 10.2 Å². The SMILES string of the molecule is CC(CN1CCN(c2ccccn2)CC1C)C(=O)Nc1ccccc1. The van der Waals surface area contributed by atoms with Gasteiger partial charge in [-0.25, -0.2) is 4.98 Å². The second kappa shape index (κ2) is 8.12. The van der Waals surface area contributed by atoms with Crippen LogP contribution in [0.25, 0.3) is 0 Å². The van der Waals surface area contributed by atoms with Crippen molar-refractivity contribution in [3.05, 3.63) is 54.7 Å². The first-order valence-corrected chi connectivity index (χ1v) is 8.89. The summed E-state index contributed by atoms with van der Waals surface area (Å²) in [5.41, 5.74) is 0.854. The number of pyridine rings is 1. The molecule has 2 heterocycles. The molecule has 1 amide bonds. The van der Waals surface area contributed by atoms with Gasteiger partial charge in [-0.3, -0.25) is 9.69 Å². The van der Waals surface area contributed by atoms with Crippen LogP contribution < -0.4 is 10.2 Å². The quantitative estimate of drug-likeness (QED) is 0.911. The molecule has 0 spiro atoms. The van der Waals surface area contributed by atoms with Gasteiger partial charge in [0.25, 0.3) is 0 Å². The first-order chi connectivity index (χ1) is 12.1. The first kappa shape index (κ1) is 17.4. The number of piperazine rings is 1. The molecule has 0 saturated carbocycles. The highest BCUT2D eigenvalue weighted by atomic mass is 16.1. The Labute approximate surface area is 149 Å². The maximum Gasteiger partial charge on any atom is 0.228 e. The van der Waals surface area contributed by atoms with Crippen molar-refractivity contribution in [3.8, 4) is 0 Å². The molecule has 5 heteroatoms. The molecule has 5 nitrogen and oxygen atoms in total. The van der Waals surface area contributed by atoms with Gasteiger partial charge in [-0.05, 0) is 31.2 Å². The van der Waals surface area contributed by atoms with Crippen molar-refractivity contribution in [2.24, 2.45) is 5.92 Å². The monoisotopic (exact) mass is 338 g/mol. The van der Waals surface area contributed by atoms with Crippen molar-refractivity contribution in [2.45, 2.75) is 19.9 Å². The number of aromatic nitrogens is 1. The van der Waals surface area contributed by atoms with Gasteiger partial charge in [0, 0.05) is 50.0 Å². The molecule has 1 aliphatic rings. The van der Waals surface area contributed by atoms with Crippen molar-refractivity contribution < 1.29 is 4.79 Å². The smallest absolute Gasteiger partial charge is 0.228 e. The fraction of sp³-hybridized carbons (Fsp3) is 0.400. The van der Waals surface area contributed by atoms with Crippen LogP contribution >= 0.6 is 0 Å². The summed E-state index contributed by atoms with van der Waals surface area (Å²) in [6.45, 7) is 7.81. The number of carbonyl (C=O) groups excluding carboxylic acids is 1. The van der Waals surface area contributed by atoms with Gasteiger partial charge in [0.1, 0.15) is 5.82 Å².